The van der Waals surface area contributed by atoms with Gasteiger partial charge in [-0.2, -0.15) is 0 Å². The van der Waals surface area contributed by atoms with Gasteiger partial charge in [-0.25, -0.2) is 4.99 Å². The van der Waals surface area contributed by atoms with Crippen molar-refractivity contribution < 1.29 is 14.3 Å². The predicted octanol–water partition coefficient (Wildman–Crippen LogP) is 1.06. The zero-order valence-corrected chi connectivity index (χ0v) is 18.2. The normalized spacial score (nSPS) is 23.4. The smallest absolute Gasteiger partial charge is 0.254 e. The minimum atomic E-state index is 0.0495. The Hall–Kier alpha value is -2.16. The third-order valence-corrected chi connectivity index (χ3v) is 5.40. The lowest BCUT2D eigenvalue weighted by Crippen LogP contribution is -2.48. The summed E-state index contributed by atoms with van der Waals surface area (Å²) in [5, 5.41) is 3.17. The van der Waals surface area contributed by atoms with E-state index in [0.717, 1.165) is 51.4 Å². The summed E-state index contributed by atoms with van der Waals surface area (Å²) >= 11 is 0. The topological polar surface area (TPSA) is 92.4 Å². The van der Waals surface area contributed by atoms with E-state index in [-0.39, 0.29) is 18.1 Å². The van der Waals surface area contributed by atoms with Gasteiger partial charge < -0.3 is 25.4 Å². The van der Waals surface area contributed by atoms with E-state index in [1.165, 1.54) is 0 Å². The summed E-state index contributed by atoms with van der Waals surface area (Å²) in [5.74, 6) is 0.502. The van der Waals surface area contributed by atoms with Gasteiger partial charge in [0.1, 0.15) is 0 Å². The van der Waals surface area contributed by atoms with E-state index in [4.69, 9.17) is 15.2 Å². The molecule has 0 radical (unpaired) electrons. The Morgan fingerprint density at radius 3 is 2.50 bits per heavy atom. The number of hydrogen-bond acceptors (Lipinski definition) is 5. The SMILES string of the molecule is CC1CN(C(=O)c2ccc(CN=C(N)NCCCN3CCOCC3)cc2)CC(C)O1. The van der Waals surface area contributed by atoms with Crippen molar-refractivity contribution in [3.63, 3.8) is 0 Å². The minimum Gasteiger partial charge on any atom is -0.379 e. The zero-order valence-electron chi connectivity index (χ0n) is 18.2. The standard InChI is InChI=1S/C22H35N5O3/c1-17-15-27(16-18(2)30-17)21(28)20-6-4-19(5-7-20)14-25-22(23)24-8-3-9-26-10-12-29-13-11-26/h4-7,17-18H,3,8-16H2,1-2H3,(H3,23,24,25). The fourth-order valence-corrected chi connectivity index (χ4v) is 3.86. The number of nitrogens with zero attached hydrogens (tertiary/aromatic N) is 3. The van der Waals surface area contributed by atoms with Crippen molar-refractivity contribution in [1.29, 1.82) is 0 Å². The van der Waals surface area contributed by atoms with Crippen LogP contribution in [-0.2, 0) is 16.0 Å². The molecule has 0 spiro atoms. The molecule has 8 heteroatoms. The van der Waals surface area contributed by atoms with Crippen LogP contribution in [0.25, 0.3) is 0 Å². The molecule has 0 aliphatic carbocycles. The summed E-state index contributed by atoms with van der Waals surface area (Å²) in [6.07, 6.45) is 1.15. The fourth-order valence-electron chi connectivity index (χ4n) is 3.86. The second-order valence-electron chi connectivity index (χ2n) is 8.10. The lowest BCUT2D eigenvalue weighted by molar-refractivity contribution is -0.0586. The Morgan fingerprint density at radius 2 is 1.83 bits per heavy atom. The van der Waals surface area contributed by atoms with Crippen molar-refractivity contribution in [2.45, 2.75) is 39.0 Å². The predicted molar refractivity (Wildman–Crippen MR) is 118 cm³/mol. The Kier molecular flexibility index (Phi) is 8.48. The van der Waals surface area contributed by atoms with Gasteiger partial charge in [0.05, 0.1) is 32.0 Å². The van der Waals surface area contributed by atoms with Gasteiger partial charge in [0, 0.05) is 38.3 Å². The lowest BCUT2D eigenvalue weighted by Gasteiger charge is -2.35. The molecule has 3 rings (SSSR count). The molecule has 1 aromatic rings. The van der Waals surface area contributed by atoms with Crippen LogP contribution in [0.4, 0.5) is 0 Å². The first-order valence-electron chi connectivity index (χ1n) is 10.9. The van der Waals surface area contributed by atoms with Crippen molar-refractivity contribution in [3.8, 4) is 0 Å². The van der Waals surface area contributed by atoms with Crippen molar-refractivity contribution in [2.24, 2.45) is 10.7 Å². The van der Waals surface area contributed by atoms with E-state index < -0.39 is 0 Å². The van der Waals surface area contributed by atoms with E-state index in [2.05, 4.69) is 15.2 Å². The van der Waals surface area contributed by atoms with Crippen molar-refractivity contribution >= 4 is 11.9 Å². The zero-order chi connectivity index (χ0) is 21.3. The molecular formula is C22H35N5O3. The van der Waals surface area contributed by atoms with Gasteiger partial charge in [-0.3, -0.25) is 9.69 Å². The summed E-state index contributed by atoms with van der Waals surface area (Å²) in [5.41, 5.74) is 7.69. The number of ether oxygens (including phenoxy) is 2. The maximum Gasteiger partial charge on any atom is 0.254 e. The molecule has 8 nitrogen and oxygen atoms in total. The molecule has 1 amide bonds. The Bertz CT molecular complexity index is 693. The molecule has 30 heavy (non-hydrogen) atoms. The molecule has 2 fully saturated rings. The highest BCUT2D eigenvalue weighted by atomic mass is 16.5. The number of hydrogen-bond donors (Lipinski definition) is 2. The average Bonchev–Trinajstić information content (AvgIpc) is 2.75. The Balaban J connectivity index is 1.40. The van der Waals surface area contributed by atoms with Gasteiger partial charge in [0.25, 0.3) is 5.91 Å². The summed E-state index contributed by atoms with van der Waals surface area (Å²) in [6, 6.07) is 7.61. The number of nitrogens with one attached hydrogen (secondary N) is 1. The Labute approximate surface area is 179 Å². The number of amides is 1. The summed E-state index contributed by atoms with van der Waals surface area (Å²) in [7, 11) is 0. The third-order valence-electron chi connectivity index (χ3n) is 5.40. The molecular weight excluding hydrogens is 382 g/mol. The Morgan fingerprint density at radius 1 is 1.17 bits per heavy atom. The summed E-state index contributed by atoms with van der Waals surface area (Å²) in [4.78, 5) is 21.4. The van der Waals surface area contributed by atoms with Crippen molar-refractivity contribution in [1.82, 2.24) is 15.1 Å². The second kappa shape index (κ2) is 11.3. The second-order valence-corrected chi connectivity index (χ2v) is 8.10. The number of aliphatic imine (C=N–C) groups is 1. The van der Waals surface area contributed by atoms with Crippen LogP contribution in [0.3, 0.4) is 0 Å². The molecule has 0 saturated carbocycles. The van der Waals surface area contributed by atoms with Gasteiger partial charge in [-0.1, -0.05) is 12.1 Å². The first-order valence-corrected chi connectivity index (χ1v) is 10.9. The highest BCUT2D eigenvalue weighted by molar-refractivity contribution is 5.94. The minimum absolute atomic E-state index is 0.0495. The van der Waals surface area contributed by atoms with Crippen LogP contribution in [0.2, 0.25) is 0 Å². The molecule has 166 valence electrons. The van der Waals surface area contributed by atoms with Crippen LogP contribution in [0, 0.1) is 0 Å². The van der Waals surface area contributed by atoms with Crippen molar-refractivity contribution in [2.75, 3.05) is 52.5 Å². The van der Waals surface area contributed by atoms with E-state index in [9.17, 15) is 4.79 Å². The van der Waals surface area contributed by atoms with Crippen LogP contribution < -0.4 is 11.1 Å². The number of morpholine rings is 2. The van der Waals surface area contributed by atoms with Crippen LogP contribution in [0.15, 0.2) is 29.3 Å². The summed E-state index contributed by atoms with van der Waals surface area (Å²) in [6.45, 7) is 11.2. The highest BCUT2D eigenvalue weighted by Crippen LogP contribution is 2.15. The molecule has 0 bridgehead atoms. The van der Waals surface area contributed by atoms with Crippen LogP contribution in [0.1, 0.15) is 36.2 Å². The van der Waals surface area contributed by atoms with Crippen LogP contribution in [-0.4, -0.2) is 86.4 Å². The van der Waals surface area contributed by atoms with Gasteiger partial charge in [0.15, 0.2) is 5.96 Å². The number of benzene rings is 1. The fraction of sp³-hybridized carbons (Fsp3) is 0.636. The van der Waals surface area contributed by atoms with Crippen molar-refractivity contribution in [3.05, 3.63) is 35.4 Å². The molecule has 2 atom stereocenters. The molecule has 0 aromatic heterocycles. The molecule has 2 saturated heterocycles. The molecule has 2 aliphatic heterocycles. The van der Waals surface area contributed by atoms with E-state index in [1.807, 2.05) is 43.0 Å². The first-order chi connectivity index (χ1) is 14.5. The number of carbonyl (C=O) groups is 1. The van der Waals surface area contributed by atoms with Gasteiger partial charge >= 0.3 is 0 Å². The van der Waals surface area contributed by atoms with E-state index in [1.54, 1.807) is 0 Å². The monoisotopic (exact) mass is 417 g/mol. The molecule has 2 unspecified atom stereocenters. The number of carbonyl (C=O) groups excluding carboxylic acids is 1. The highest BCUT2D eigenvalue weighted by Gasteiger charge is 2.26. The van der Waals surface area contributed by atoms with E-state index in [0.29, 0.717) is 31.2 Å². The number of rotatable bonds is 7. The summed E-state index contributed by atoms with van der Waals surface area (Å²) < 4.78 is 11.1. The number of nitrogens with two attached hydrogens (primary N) is 1. The van der Waals surface area contributed by atoms with Gasteiger partial charge in [-0.15, -0.1) is 0 Å². The molecule has 2 aliphatic rings. The van der Waals surface area contributed by atoms with E-state index >= 15 is 0 Å². The average molecular weight is 418 g/mol. The quantitative estimate of drug-likeness (QED) is 0.392. The van der Waals surface area contributed by atoms with Crippen LogP contribution in [0.5, 0.6) is 0 Å². The molecule has 2 heterocycles. The van der Waals surface area contributed by atoms with Gasteiger partial charge in [-0.05, 0) is 44.5 Å². The van der Waals surface area contributed by atoms with Crippen LogP contribution >= 0.6 is 0 Å². The largest absolute Gasteiger partial charge is 0.379 e. The molecule has 3 N–H and O–H groups in total. The maximum atomic E-state index is 12.7. The maximum absolute atomic E-state index is 12.7. The van der Waals surface area contributed by atoms with Gasteiger partial charge in [0.2, 0.25) is 0 Å². The lowest BCUT2D eigenvalue weighted by atomic mass is 10.1. The molecule has 1 aromatic carbocycles. The third kappa shape index (κ3) is 6.97. The number of guanidine groups is 1. The first kappa shape index (κ1) is 22.5.